The number of aromatic nitrogens is 2. The van der Waals surface area contributed by atoms with Crippen molar-refractivity contribution in [2.75, 3.05) is 23.3 Å². The molecule has 0 bridgehead atoms. The van der Waals surface area contributed by atoms with Gasteiger partial charge in [-0.15, -0.1) is 0 Å². The van der Waals surface area contributed by atoms with Crippen LogP contribution in [0.4, 0.5) is 26.4 Å². The minimum absolute atomic E-state index is 0.0596. The molecule has 0 aliphatic carbocycles. The first kappa shape index (κ1) is 30.0. The van der Waals surface area contributed by atoms with Crippen LogP contribution in [0, 0.1) is 5.82 Å². The van der Waals surface area contributed by atoms with Crippen LogP contribution in [0.25, 0.3) is 22.0 Å². The topological polar surface area (TPSA) is 117 Å². The molecule has 1 saturated heterocycles. The van der Waals surface area contributed by atoms with Crippen LogP contribution in [0.2, 0.25) is 5.02 Å². The Hall–Kier alpha value is -4.44. The largest absolute Gasteiger partial charge is 0.504 e. The Kier molecular flexibility index (Phi) is 8.41. The zero-order valence-corrected chi connectivity index (χ0v) is 25.1. The molecule has 5 rings (SSSR count). The number of Topliss-reactive ketones (excluding diaryl/α,β-unsaturated/α-hetero) is 1. The molecule has 0 spiro atoms. The minimum atomic E-state index is -0.830. The molecule has 3 N–H and O–H groups in total. The number of rotatable bonds is 6. The van der Waals surface area contributed by atoms with E-state index >= 15 is 0 Å². The lowest BCUT2D eigenvalue weighted by Crippen LogP contribution is -2.49. The van der Waals surface area contributed by atoms with Crippen LogP contribution in [0.15, 0.2) is 54.9 Å². The number of ether oxygens (including phenoxy) is 1. The number of alkyl carbamates (subject to hydrolysis) is 1. The molecule has 43 heavy (non-hydrogen) atoms. The van der Waals surface area contributed by atoms with Gasteiger partial charge >= 0.3 is 6.09 Å². The number of hydrogen-bond donors (Lipinski definition) is 3. The number of ketones is 1. The fraction of sp³-hybridized carbons (Fsp3) is 0.312. The monoisotopic (exact) mass is 605 g/mol. The van der Waals surface area contributed by atoms with E-state index in [2.05, 4.69) is 25.5 Å². The maximum Gasteiger partial charge on any atom is 0.407 e. The van der Waals surface area contributed by atoms with Gasteiger partial charge in [-0.25, -0.2) is 14.2 Å². The van der Waals surface area contributed by atoms with E-state index in [1.807, 2.05) is 32.9 Å². The average Bonchev–Trinajstić information content (AvgIpc) is 2.95. The zero-order valence-electron chi connectivity index (χ0n) is 24.4. The van der Waals surface area contributed by atoms with Gasteiger partial charge in [0.25, 0.3) is 0 Å². The van der Waals surface area contributed by atoms with Crippen LogP contribution >= 0.6 is 11.6 Å². The lowest BCUT2D eigenvalue weighted by Gasteiger charge is -2.34. The van der Waals surface area contributed by atoms with Gasteiger partial charge in [0, 0.05) is 30.7 Å². The number of phenolic OH excluding ortho intramolecular Hbond substituents is 1. The number of pyridine rings is 2. The minimum Gasteiger partial charge on any atom is -0.504 e. The van der Waals surface area contributed by atoms with Gasteiger partial charge in [0.05, 0.1) is 33.7 Å². The van der Waals surface area contributed by atoms with Crippen molar-refractivity contribution >= 4 is 51.6 Å². The van der Waals surface area contributed by atoms with E-state index in [1.54, 1.807) is 24.4 Å². The van der Waals surface area contributed by atoms with Crippen LogP contribution in [0.1, 0.15) is 50.9 Å². The van der Waals surface area contributed by atoms with Crippen LogP contribution in [0.3, 0.4) is 0 Å². The highest BCUT2D eigenvalue weighted by Crippen LogP contribution is 2.36. The Morgan fingerprint density at radius 2 is 1.88 bits per heavy atom. The number of amides is 1. The quantitative estimate of drug-likeness (QED) is 0.197. The number of carbonyl (C=O) groups excluding carboxylic acids is 2. The standard InChI is InChI=1S/C32H33ClFN5O4/c1-18(40)24-16-35-27-9-7-19(20-13-25(33)30(41)26(34)14-20)12-23(27)29(24)37-21-8-10-28(36-15-21)39-11-5-6-22(17-39)38-31(42)43-32(2,3)4/h7-10,12-16,22,41H,5-6,11,17H2,1-4H3,(H,35,37)(H,38,42). The lowest BCUT2D eigenvalue weighted by atomic mass is 10.00. The molecular formula is C32H33ClFN5O4. The van der Waals surface area contributed by atoms with Crippen LogP contribution in [0.5, 0.6) is 5.75 Å². The Balaban J connectivity index is 1.40. The molecule has 224 valence electrons. The fourth-order valence-corrected chi connectivity index (χ4v) is 5.28. The smallest absolute Gasteiger partial charge is 0.407 e. The molecule has 1 fully saturated rings. The van der Waals surface area contributed by atoms with Crippen molar-refractivity contribution in [1.82, 2.24) is 15.3 Å². The van der Waals surface area contributed by atoms with Crippen molar-refractivity contribution in [3.05, 3.63) is 71.3 Å². The predicted molar refractivity (Wildman–Crippen MR) is 166 cm³/mol. The maximum atomic E-state index is 14.2. The molecule has 3 heterocycles. The summed E-state index contributed by atoms with van der Waals surface area (Å²) in [5, 5.41) is 16.6. The number of hydrogen-bond acceptors (Lipinski definition) is 8. The van der Waals surface area contributed by atoms with Gasteiger partial charge in [0.2, 0.25) is 0 Å². The van der Waals surface area contributed by atoms with Crippen molar-refractivity contribution in [2.45, 2.75) is 52.2 Å². The number of anilines is 3. The van der Waals surface area contributed by atoms with Gasteiger partial charge in [0.15, 0.2) is 17.3 Å². The van der Waals surface area contributed by atoms with Crippen LogP contribution < -0.4 is 15.5 Å². The number of halogens is 2. The average molecular weight is 606 g/mol. The molecule has 0 saturated carbocycles. The third-order valence-corrected chi connectivity index (χ3v) is 7.37. The maximum absolute atomic E-state index is 14.2. The second kappa shape index (κ2) is 12.0. The van der Waals surface area contributed by atoms with Gasteiger partial charge in [-0.1, -0.05) is 17.7 Å². The molecule has 1 aliphatic heterocycles. The summed E-state index contributed by atoms with van der Waals surface area (Å²) < 4.78 is 19.6. The molecule has 1 aliphatic rings. The first-order valence-corrected chi connectivity index (χ1v) is 14.4. The van der Waals surface area contributed by atoms with E-state index in [0.29, 0.717) is 45.5 Å². The number of phenols is 1. The Labute approximate surface area is 254 Å². The highest BCUT2D eigenvalue weighted by Gasteiger charge is 2.25. The highest BCUT2D eigenvalue weighted by molar-refractivity contribution is 6.32. The van der Waals surface area contributed by atoms with Gasteiger partial charge < -0.3 is 25.4 Å². The van der Waals surface area contributed by atoms with Gasteiger partial charge in [0.1, 0.15) is 11.4 Å². The molecule has 4 aromatic rings. The van der Waals surface area contributed by atoms with Crippen molar-refractivity contribution in [2.24, 2.45) is 0 Å². The molecule has 2 aromatic heterocycles. The Bertz CT molecular complexity index is 1670. The summed E-state index contributed by atoms with van der Waals surface area (Å²) in [6.45, 7) is 8.37. The molecule has 1 unspecified atom stereocenters. The SMILES string of the molecule is CC(=O)c1cnc2ccc(-c3cc(F)c(O)c(Cl)c3)cc2c1Nc1ccc(N2CCCC(NC(=O)OC(C)(C)C)C2)nc1. The molecular weight excluding hydrogens is 573 g/mol. The number of fused-ring (bicyclic) bond motifs is 1. The molecule has 11 heteroatoms. The van der Waals surface area contributed by atoms with Crippen molar-refractivity contribution in [1.29, 1.82) is 0 Å². The fourth-order valence-electron chi connectivity index (χ4n) is 5.07. The van der Waals surface area contributed by atoms with E-state index in [1.165, 1.54) is 25.3 Å². The Morgan fingerprint density at radius 3 is 2.56 bits per heavy atom. The van der Waals surface area contributed by atoms with Crippen molar-refractivity contribution < 1.29 is 23.8 Å². The van der Waals surface area contributed by atoms with Gasteiger partial charge in [-0.2, -0.15) is 0 Å². The summed E-state index contributed by atoms with van der Waals surface area (Å²) in [6, 6.07) is 11.7. The predicted octanol–water partition coefficient (Wildman–Crippen LogP) is 7.23. The molecule has 1 atom stereocenters. The summed E-state index contributed by atoms with van der Waals surface area (Å²) >= 11 is 6.02. The molecule has 2 aromatic carbocycles. The number of carbonyl (C=O) groups is 2. The van der Waals surface area contributed by atoms with E-state index in [0.717, 1.165) is 25.2 Å². The van der Waals surface area contributed by atoms with Crippen molar-refractivity contribution in [3.8, 4) is 16.9 Å². The van der Waals surface area contributed by atoms with Gasteiger partial charge in [-0.05, 0) is 88.1 Å². The second-order valence-corrected chi connectivity index (χ2v) is 12.0. The molecule has 1 amide bonds. The second-order valence-electron chi connectivity index (χ2n) is 11.6. The number of nitrogens with one attached hydrogen (secondary N) is 2. The highest BCUT2D eigenvalue weighted by atomic mass is 35.5. The summed E-state index contributed by atoms with van der Waals surface area (Å²) in [5.74, 6) is -0.851. The number of nitrogens with zero attached hydrogens (tertiary/aromatic N) is 3. The first-order chi connectivity index (χ1) is 20.4. The lowest BCUT2D eigenvalue weighted by molar-refractivity contribution is 0.0499. The number of piperidine rings is 1. The third-order valence-electron chi connectivity index (χ3n) is 7.08. The zero-order chi connectivity index (χ0) is 30.9. The van der Waals surface area contributed by atoms with E-state index in [4.69, 9.17) is 16.3 Å². The number of aromatic hydroxyl groups is 1. The first-order valence-electron chi connectivity index (χ1n) is 14.0. The summed E-state index contributed by atoms with van der Waals surface area (Å²) in [6.07, 6.45) is 4.53. The summed E-state index contributed by atoms with van der Waals surface area (Å²) in [7, 11) is 0. The summed E-state index contributed by atoms with van der Waals surface area (Å²) in [4.78, 5) is 36.1. The third kappa shape index (κ3) is 6.97. The van der Waals surface area contributed by atoms with E-state index in [9.17, 15) is 19.1 Å². The van der Waals surface area contributed by atoms with E-state index < -0.39 is 23.3 Å². The Morgan fingerprint density at radius 1 is 1.09 bits per heavy atom. The number of benzene rings is 2. The molecule has 0 radical (unpaired) electrons. The summed E-state index contributed by atoms with van der Waals surface area (Å²) in [5.41, 5.74) is 2.74. The van der Waals surface area contributed by atoms with E-state index in [-0.39, 0.29) is 16.8 Å². The van der Waals surface area contributed by atoms with Gasteiger partial charge in [-0.3, -0.25) is 9.78 Å². The molecule has 9 nitrogen and oxygen atoms in total. The van der Waals surface area contributed by atoms with Crippen LogP contribution in [-0.4, -0.2) is 51.7 Å². The van der Waals surface area contributed by atoms with Crippen molar-refractivity contribution in [3.63, 3.8) is 0 Å². The van der Waals surface area contributed by atoms with Crippen LogP contribution in [-0.2, 0) is 4.74 Å². The normalized spacial score (nSPS) is 15.3.